The van der Waals surface area contributed by atoms with Crippen LogP contribution in [0.2, 0.25) is 0 Å². The fraction of sp³-hybridized carbons (Fsp3) is 0.174. The lowest BCUT2D eigenvalue weighted by Crippen LogP contribution is -2.22. The van der Waals surface area contributed by atoms with E-state index < -0.39 is 0 Å². The summed E-state index contributed by atoms with van der Waals surface area (Å²) in [6, 6.07) is 19.5. The molecule has 0 bridgehead atoms. The predicted octanol–water partition coefficient (Wildman–Crippen LogP) is 3.99. The van der Waals surface area contributed by atoms with E-state index in [4.69, 9.17) is 4.74 Å². The predicted molar refractivity (Wildman–Crippen MR) is 115 cm³/mol. The van der Waals surface area contributed by atoms with E-state index in [1.165, 1.54) is 0 Å². The van der Waals surface area contributed by atoms with Crippen LogP contribution in [-0.2, 0) is 19.7 Å². The number of aliphatic imine (C=N–C) groups is 1. The van der Waals surface area contributed by atoms with Gasteiger partial charge in [-0.2, -0.15) is 0 Å². The standard InChI is InChI=1S/C23H22N4O2/c1-3-26-21-13-18(14-24-2)15-25-22(21)27(23(26)28)19-9-11-20(12-10-19)29-16-17-7-5-4-6-8-17/h4-13,15H,2-3,14,16H2,1H3. The number of aromatic nitrogens is 3. The number of nitrogens with zero attached hydrogens (tertiary/aromatic N) is 4. The first-order valence-corrected chi connectivity index (χ1v) is 9.51. The number of hydrogen-bond donors (Lipinski definition) is 0. The molecule has 0 spiro atoms. The fourth-order valence-electron chi connectivity index (χ4n) is 3.36. The first kappa shape index (κ1) is 18.7. The van der Waals surface area contributed by atoms with Crippen molar-refractivity contribution in [1.82, 2.24) is 14.1 Å². The van der Waals surface area contributed by atoms with E-state index in [0.29, 0.717) is 25.3 Å². The van der Waals surface area contributed by atoms with Crippen LogP contribution in [0.1, 0.15) is 18.1 Å². The monoisotopic (exact) mass is 386 g/mol. The van der Waals surface area contributed by atoms with Crippen molar-refractivity contribution in [2.45, 2.75) is 26.6 Å². The van der Waals surface area contributed by atoms with E-state index in [-0.39, 0.29) is 5.69 Å². The third-order valence-corrected chi connectivity index (χ3v) is 4.78. The van der Waals surface area contributed by atoms with Gasteiger partial charge in [0.05, 0.1) is 17.7 Å². The molecular formula is C23H22N4O2. The Morgan fingerprint density at radius 2 is 1.83 bits per heavy atom. The lowest BCUT2D eigenvalue weighted by Gasteiger charge is -2.08. The zero-order valence-corrected chi connectivity index (χ0v) is 16.3. The van der Waals surface area contributed by atoms with Crippen LogP contribution in [0.3, 0.4) is 0 Å². The molecule has 4 aromatic rings. The summed E-state index contributed by atoms with van der Waals surface area (Å²) in [6.07, 6.45) is 1.74. The number of rotatable bonds is 7. The number of ether oxygens (including phenoxy) is 1. The molecule has 146 valence electrons. The molecule has 2 heterocycles. The van der Waals surface area contributed by atoms with Gasteiger partial charge in [-0.1, -0.05) is 30.3 Å². The van der Waals surface area contributed by atoms with Gasteiger partial charge in [-0.05, 0) is 55.1 Å². The van der Waals surface area contributed by atoms with Gasteiger partial charge in [0, 0.05) is 12.7 Å². The minimum atomic E-state index is -0.114. The number of fused-ring (bicyclic) bond motifs is 1. The normalized spacial score (nSPS) is 10.9. The molecule has 0 N–H and O–H groups in total. The summed E-state index contributed by atoms with van der Waals surface area (Å²) in [6.45, 7) is 7.01. The maximum Gasteiger partial charge on any atom is 0.334 e. The molecule has 0 fully saturated rings. The minimum absolute atomic E-state index is 0.114. The van der Waals surface area contributed by atoms with Gasteiger partial charge in [0.2, 0.25) is 0 Å². The molecule has 0 saturated heterocycles. The topological polar surface area (TPSA) is 61.4 Å². The summed E-state index contributed by atoms with van der Waals surface area (Å²) in [4.78, 5) is 21.4. The molecule has 4 rings (SSSR count). The SMILES string of the molecule is C=NCc1cnc2c(c1)n(CC)c(=O)n2-c1ccc(OCc2ccccc2)cc1. The van der Waals surface area contributed by atoms with E-state index in [0.717, 1.165) is 28.1 Å². The molecule has 0 aliphatic heterocycles. The molecule has 6 nitrogen and oxygen atoms in total. The molecule has 0 unspecified atom stereocenters. The smallest absolute Gasteiger partial charge is 0.334 e. The Bertz CT molecular complexity index is 1190. The van der Waals surface area contributed by atoms with E-state index in [2.05, 4.69) is 16.7 Å². The van der Waals surface area contributed by atoms with E-state index in [9.17, 15) is 4.79 Å². The maximum atomic E-state index is 13.0. The van der Waals surface area contributed by atoms with E-state index in [1.807, 2.05) is 67.6 Å². The van der Waals surface area contributed by atoms with Crippen LogP contribution in [-0.4, -0.2) is 20.8 Å². The van der Waals surface area contributed by atoms with Crippen molar-refractivity contribution in [3.05, 3.63) is 88.5 Å². The molecule has 0 aliphatic rings. The zero-order valence-electron chi connectivity index (χ0n) is 16.3. The van der Waals surface area contributed by atoms with Crippen molar-refractivity contribution >= 4 is 17.9 Å². The number of hydrogen-bond acceptors (Lipinski definition) is 4. The maximum absolute atomic E-state index is 13.0. The molecule has 0 atom stereocenters. The Hall–Kier alpha value is -3.67. The van der Waals surface area contributed by atoms with Gasteiger partial charge in [0.25, 0.3) is 0 Å². The lowest BCUT2D eigenvalue weighted by molar-refractivity contribution is 0.306. The number of pyridine rings is 1. The Labute approximate surface area is 168 Å². The molecule has 0 saturated carbocycles. The second-order valence-electron chi connectivity index (χ2n) is 6.70. The molecule has 0 aliphatic carbocycles. The average molecular weight is 386 g/mol. The van der Waals surface area contributed by atoms with Gasteiger partial charge in [0.15, 0.2) is 5.65 Å². The third-order valence-electron chi connectivity index (χ3n) is 4.78. The Kier molecular flexibility index (Phi) is 5.24. The van der Waals surface area contributed by atoms with Crippen LogP contribution < -0.4 is 10.4 Å². The van der Waals surface area contributed by atoms with Crippen molar-refractivity contribution in [3.8, 4) is 11.4 Å². The van der Waals surface area contributed by atoms with Crippen molar-refractivity contribution in [2.24, 2.45) is 4.99 Å². The van der Waals surface area contributed by atoms with Crippen molar-refractivity contribution in [1.29, 1.82) is 0 Å². The largest absolute Gasteiger partial charge is 0.489 e. The van der Waals surface area contributed by atoms with Gasteiger partial charge < -0.3 is 4.74 Å². The van der Waals surface area contributed by atoms with Gasteiger partial charge in [0.1, 0.15) is 12.4 Å². The quantitative estimate of drug-likeness (QED) is 0.451. The van der Waals surface area contributed by atoms with Gasteiger partial charge in [-0.3, -0.25) is 9.56 Å². The highest BCUT2D eigenvalue weighted by molar-refractivity contribution is 5.74. The van der Waals surface area contributed by atoms with E-state index in [1.54, 1.807) is 15.3 Å². The van der Waals surface area contributed by atoms with Gasteiger partial charge >= 0.3 is 5.69 Å². The molecule has 6 heteroatoms. The Morgan fingerprint density at radius 1 is 1.07 bits per heavy atom. The number of benzene rings is 2. The van der Waals surface area contributed by atoms with Crippen LogP contribution in [0.15, 0.2) is 76.6 Å². The highest BCUT2D eigenvalue weighted by Gasteiger charge is 2.15. The summed E-state index contributed by atoms with van der Waals surface area (Å²) in [5.41, 5.74) is 4.09. The van der Waals surface area contributed by atoms with Crippen LogP contribution in [0.25, 0.3) is 16.9 Å². The summed E-state index contributed by atoms with van der Waals surface area (Å²) >= 11 is 0. The number of imidazole rings is 1. The molecule has 0 radical (unpaired) electrons. The van der Waals surface area contributed by atoms with Crippen LogP contribution >= 0.6 is 0 Å². The molecule has 2 aromatic heterocycles. The van der Waals surface area contributed by atoms with Gasteiger partial charge in [-0.25, -0.2) is 14.3 Å². The molecule has 2 aromatic carbocycles. The third kappa shape index (κ3) is 3.69. The Morgan fingerprint density at radius 3 is 2.52 bits per heavy atom. The van der Waals surface area contributed by atoms with Crippen LogP contribution in [0.4, 0.5) is 0 Å². The van der Waals surface area contributed by atoms with Crippen molar-refractivity contribution in [3.63, 3.8) is 0 Å². The highest BCUT2D eigenvalue weighted by atomic mass is 16.5. The van der Waals surface area contributed by atoms with Crippen molar-refractivity contribution in [2.75, 3.05) is 0 Å². The van der Waals surface area contributed by atoms with Gasteiger partial charge in [-0.15, -0.1) is 0 Å². The number of aryl methyl sites for hydroxylation is 1. The second-order valence-corrected chi connectivity index (χ2v) is 6.70. The molecule has 0 amide bonds. The van der Waals surface area contributed by atoms with Crippen molar-refractivity contribution < 1.29 is 4.74 Å². The van der Waals surface area contributed by atoms with E-state index >= 15 is 0 Å². The fourth-order valence-corrected chi connectivity index (χ4v) is 3.36. The Balaban J connectivity index is 1.66. The second kappa shape index (κ2) is 8.14. The highest BCUT2D eigenvalue weighted by Crippen LogP contribution is 2.20. The minimum Gasteiger partial charge on any atom is -0.489 e. The zero-order chi connectivity index (χ0) is 20.2. The van der Waals surface area contributed by atoms with Crippen LogP contribution in [0, 0.1) is 0 Å². The first-order chi connectivity index (χ1) is 14.2. The molecular weight excluding hydrogens is 364 g/mol. The summed E-state index contributed by atoms with van der Waals surface area (Å²) in [5, 5.41) is 0. The summed E-state index contributed by atoms with van der Waals surface area (Å²) in [5.74, 6) is 0.747. The lowest BCUT2D eigenvalue weighted by atomic mass is 10.2. The van der Waals surface area contributed by atoms with Crippen LogP contribution in [0.5, 0.6) is 5.75 Å². The average Bonchev–Trinajstić information content (AvgIpc) is 3.04. The molecule has 29 heavy (non-hydrogen) atoms. The summed E-state index contributed by atoms with van der Waals surface area (Å²) in [7, 11) is 0. The first-order valence-electron chi connectivity index (χ1n) is 9.51. The summed E-state index contributed by atoms with van der Waals surface area (Å²) < 4.78 is 9.19.